The highest BCUT2D eigenvalue weighted by Gasteiger charge is 2.05. The van der Waals surface area contributed by atoms with Crippen LogP contribution in [0.15, 0.2) is 18.5 Å². The molecule has 0 saturated heterocycles. The van der Waals surface area contributed by atoms with Crippen molar-refractivity contribution in [3.63, 3.8) is 0 Å². The molecule has 0 aliphatic carbocycles. The summed E-state index contributed by atoms with van der Waals surface area (Å²) in [6.07, 6.45) is 3.82. The minimum absolute atomic E-state index is 0.261. The second-order valence-corrected chi connectivity index (χ2v) is 2.67. The quantitative estimate of drug-likeness (QED) is 0.688. The summed E-state index contributed by atoms with van der Waals surface area (Å²) in [6, 6.07) is 1.73. The lowest BCUT2D eigenvalue weighted by molar-refractivity contribution is 0.632. The topological polar surface area (TPSA) is 28.7 Å². The molecule has 0 unspecified atom stereocenters. The molecule has 1 N–H and O–H groups in total. The van der Waals surface area contributed by atoms with Crippen LogP contribution in [0.25, 0.3) is 10.9 Å². The largest absolute Gasteiger partial charge is 0.360 e. The fraction of sp³-hybridized carbons (Fsp3) is 0.222. The van der Waals surface area contributed by atoms with Gasteiger partial charge in [-0.2, -0.15) is 0 Å². The Kier molecular flexibility index (Phi) is 1.57. The fourth-order valence-corrected chi connectivity index (χ4v) is 1.34. The maximum atomic E-state index is 13.1. The highest BCUT2D eigenvalue weighted by Crippen LogP contribution is 2.18. The Morgan fingerprint density at radius 3 is 3.17 bits per heavy atom. The van der Waals surface area contributed by atoms with E-state index < -0.39 is 0 Å². The van der Waals surface area contributed by atoms with Crippen LogP contribution in [0.2, 0.25) is 0 Å². The maximum absolute atomic E-state index is 13.1. The van der Waals surface area contributed by atoms with Gasteiger partial charge in [0, 0.05) is 11.6 Å². The molecule has 2 nitrogen and oxygen atoms in total. The molecule has 0 amide bonds. The van der Waals surface area contributed by atoms with E-state index in [4.69, 9.17) is 0 Å². The second-order valence-electron chi connectivity index (χ2n) is 2.67. The number of aryl methyl sites for hydroxylation is 1. The van der Waals surface area contributed by atoms with E-state index in [9.17, 15) is 4.39 Å². The number of hydrogen-bond acceptors (Lipinski definition) is 1. The molecule has 62 valence electrons. The number of aromatic nitrogens is 2. The summed E-state index contributed by atoms with van der Waals surface area (Å²) in [7, 11) is 0. The Hall–Kier alpha value is -1.38. The lowest BCUT2D eigenvalue weighted by Crippen LogP contribution is -1.90. The zero-order valence-corrected chi connectivity index (χ0v) is 6.76. The normalized spacial score (nSPS) is 10.8. The number of nitrogens with one attached hydrogen (secondary N) is 1. The summed E-state index contributed by atoms with van der Waals surface area (Å²) in [6.45, 7) is 2.00. The second kappa shape index (κ2) is 2.59. The van der Waals surface area contributed by atoms with Gasteiger partial charge in [0.1, 0.15) is 0 Å². The van der Waals surface area contributed by atoms with Crippen molar-refractivity contribution < 1.29 is 4.39 Å². The van der Waals surface area contributed by atoms with Gasteiger partial charge in [-0.1, -0.05) is 6.92 Å². The monoisotopic (exact) mass is 164 g/mol. The molecule has 12 heavy (non-hydrogen) atoms. The molecule has 0 aliphatic rings. The van der Waals surface area contributed by atoms with Crippen molar-refractivity contribution in [3.05, 3.63) is 30.0 Å². The van der Waals surface area contributed by atoms with E-state index in [1.165, 1.54) is 6.20 Å². The third kappa shape index (κ3) is 0.897. The Labute approximate surface area is 69.4 Å². The van der Waals surface area contributed by atoms with Gasteiger partial charge in [-0.15, -0.1) is 0 Å². The van der Waals surface area contributed by atoms with Crippen molar-refractivity contribution in [2.75, 3.05) is 0 Å². The predicted molar refractivity (Wildman–Crippen MR) is 45.4 cm³/mol. The van der Waals surface area contributed by atoms with Gasteiger partial charge in [-0.3, -0.25) is 4.98 Å². The van der Waals surface area contributed by atoms with Crippen LogP contribution in [0.4, 0.5) is 4.39 Å². The molecule has 2 rings (SSSR count). The Morgan fingerprint density at radius 2 is 2.42 bits per heavy atom. The first-order valence-corrected chi connectivity index (χ1v) is 3.93. The number of nitrogens with zero attached hydrogens (tertiary/aromatic N) is 1. The Morgan fingerprint density at radius 1 is 1.58 bits per heavy atom. The third-order valence-electron chi connectivity index (χ3n) is 1.96. The van der Waals surface area contributed by atoms with Crippen molar-refractivity contribution in [1.82, 2.24) is 9.97 Å². The minimum atomic E-state index is -0.261. The molecule has 0 aliphatic heterocycles. The van der Waals surface area contributed by atoms with Gasteiger partial charge in [-0.05, 0) is 12.5 Å². The fourth-order valence-electron chi connectivity index (χ4n) is 1.34. The van der Waals surface area contributed by atoms with Crippen LogP contribution in [-0.4, -0.2) is 9.97 Å². The third-order valence-corrected chi connectivity index (χ3v) is 1.96. The zero-order chi connectivity index (χ0) is 8.55. The molecule has 0 saturated carbocycles. The number of aromatic amines is 1. The minimum Gasteiger partial charge on any atom is -0.360 e. The SMILES string of the molecule is CCc1ncc(F)c2cc[nH]c12. The predicted octanol–water partition coefficient (Wildman–Crippen LogP) is 2.26. The highest BCUT2D eigenvalue weighted by atomic mass is 19.1. The lowest BCUT2D eigenvalue weighted by Gasteiger charge is -1.98. The number of H-pyrrole nitrogens is 1. The number of pyridine rings is 1. The van der Waals surface area contributed by atoms with E-state index in [1.54, 1.807) is 12.3 Å². The Balaban J connectivity index is 2.82. The van der Waals surface area contributed by atoms with Crippen molar-refractivity contribution >= 4 is 10.9 Å². The zero-order valence-electron chi connectivity index (χ0n) is 6.76. The molecule has 3 heteroatoms. The van der Waals surface area contributed by atoms with Crippen molar-refractivity contribution in [3.8, 4) is 0 Å². The highest BCUT2D eigenvalue weighted by molar-refractivity contribution is 5.81. The van der Waals surface area contributed by atoms with Crippen LogP contribution in [0, 0.1) is 5.82 Å². The van der Waals surface area contributed by atoms with Gasteiger partial charge in [0.05, 0.1) is 17.4 Å². The number of halogens is 1. The first-order chi connectivity index (χ1) is 5.83. The van der Waals surface area contributed by atoms with Crippen LogP contribution in [0.3, 0.4) is 0 Å². The molecular formula is C9H9FN2. The first-order valence-electron chi connectivity index (χ1n) is 3.93. The van der Waals surface area contributed by atoms with E-state index in [2.05, 4.69) is 9.97 Å². The average Bonchev–Trinajstić information content (AvgIpc) is 2.54. The van der Waals surface area contributed by atoms with Gasteiger partial charge in [0.2, 0.25) is 0 Å². The Bertz CT molecular complexity index is 406. The van der Waals surface area contributed by atoms with E-state index in [0.717, 1.165) is 17.6 Å². The van der Waals surface area contributed by atoms with Gasteiger partial charge in [-0.25, -0.2) is 4.39 Å². The average molecular weight is 164 g/mol. The number of hydrogen-bond donors (Lipinski definition) is 1. The summed E-state index contributed by atoms with van der Waals surface area (Å²) in [4.78, 5) is 6.97. The maximum Gasteiger partial charge on any atom is 0.150 e. The summed E-state index contributed by atoms with van der Waals surface area (Å²) in [5.74, 6) is -0.261. The smallest absolute Gasteiger partial charge is 0.150 e. The molecule has 2 aromatic rings. The standard InChI is InChI=1S/C9H9FN2/c1-2-8-9-6(3-4-11-9)7(10)5-12-8/h3-5,11H,2H2,1H3. The molecule has 0 aromatic carbocycles. The first kappa shape index (κ1) is 7.28. The van der Waals surface area contributed by atoms with Gasteiger partial charge in [0.15, 0.2) is 5.82 Å². The molecule has 2 heterocycles. The van der Waals surface area contributed by atoms with Gasteiger partial charge >= 0.3 is 0 Å². The summed E-state index contributed by atoms with van der Waals surface area (Å²) < 4.78 is 13.1. The van der Waals surface area contributed by atoms with Crippen molar-refractivity contribution in [2.24, 2.45) is 0 Å². The van der Waals surface area contributed by atoms with Crippen LogP contribution in [0.5, 0.6) is 0 Å². The van der Waals surface area contributed by atoms with E-state index >= 15 is 0 Å². The summed E-state index contributed by atoms with van der Waals surface area (Å²) >= 11 is 0. The molecule has 0 atom stereocenters. The van der Waals surface area contributed by atoms with Gasteiger partial charge in [0.25, 0.3) is 0 Å². The molecule has 0 spiro atoms. The van der Waals surface area contributed by atoms with E-state index in [0.29, 0.717) is 5.39 Å². The lowest BCUT2D eigenvalue weighted by atomic mass is 10.2. The van der Waals surface area contributed by atoms with E-state index in [-0.39, 0.29) is 5.82 Å². The van der Waals surface area contributed by atoms with Crippen molar-refractivity contribution in [2.45, 2.75) is 13.3 Å². The van der Waals surface area contributed by atoms with Crippen LogP contribution >= 0.6 is 0 Å². The number of rotatable bonds is 1. The molecule has 0 bridgehead atoms. The molecule has 0 radical (unpaired) electrons. The summed E-state index contributed by atoms with van der Waals surface area (Å²) in [5.41, 5.74) is 1.73. The van der Waals surface area contributed by atoms with Crippen LogP contribution in [0.1, 0.15) is 12.6 Å². The van der Waals surface area contributed by atoms with Crippen LogP contribution < -0.4 is 0 Å². The molecule has 2 aromatic heterocycles. The number of fused-ring (bicyclic) bond motifs is 1. The molecule has 0 fully saturated rings. The van der Waals surface area contributed by atoms with Crippen molar-refractivity contribution in [1.29, 1.82) is 0 Å². The van der Waals surface area contributed by atoms with E-state index in [1.807, 2.05) is 6.92 Å². The molecular weight excluding hydrogens is 155 g/mol. The summed E-state index contributed by atoms with van der Waals surface area (Å²) in [5, 5.41) is 0.627. The van der Waals surface area contributed by atoms with Gasteiger partial charge < -0.3 is 4.98 Å². The van der Waals surface area contributed by atoms with Crippen LogP contribution in [-0.2, 0) is 6.42 Å².